The summed E-state index contributed by atoms with van der Waals surface area (Å²) in [7, 11) is 0. The van der Waals surface area contributed by atoms with Crippen LogP contribution in [0.5, 0.6) is 0 Å². The Bertz CT molecular complexity index is 1120. The average molecular weight is 453 g/mol. The second kappa shape index (κ2) is 7.73. The molecule has 4 rings (SSSR count). The van der Waals surface area contributed by atoms with Gasteiger partial charge in [0.2, 0.25) is 5.91 Å². The molecule has 1 N–H and O–H groups in total. The first-order valence-corrected chi connectivity index (χ1v) is 11.3. The Labute approximate surface area is 194 Å². The van der Waals surface area contributed by atoms with E-state index in [1.165, 1.54) is 0 Å². The van der Waals surface area contributed by atoms with Crippen molar-refractivity contribution in [1.82, 2.24) is 0 Å². The summed E-state index contributed by atoms with van der Waals surface area (Å²) in [6.45, 7) is 10.3. The minimum atomic E-state index is -0.622. The molecular formula is C26H29ClN2O3. The van der Waals surface area contributed by atoms with Crippen LogP contribution in [0.3, 0.4) is 0 Å². The molecular weight excluding hydrogens is 424 g/mol. The third-order valence-corrected chi connectivity index (χ3v) is 8.37. The molecule has 2 aliphatic rings. The Morgan fingerprint density at radius 3 is 2.38 bits per heavy atom. The summed E-state index contributed by atoms with van der Waals surface area (Å²) in [6.07, 6.45) is 2.05. The molecule has 168 valence electrons. The molecule has 5 nitrogen and oxygen atoms in total. The first-order chi connectivity index (χ1) is 15.0. The van der Waals surface area contributed by atoms with Gasteiger partial charge in [-0.1, -0.05) is 55.2 Å². The predicted molar refractivity (Wildman–Crippen MR) is 127 cm³/mol. The summed E-state index contributed by atoms with van der Waals surface area (Å²) in [4.78, 5) is 31.4. The fourth-order valence-electron chi connectivity index (χ4n) is 5.37. The van der Waals surface area contributed by atoms with Gasteiger partial charge in [0.25, 0.3) is 0 Å². The zero-order chi connectivity index (χ0) is 23.3. The number of benzene rings is 2. The van der Waals surface area contributed by atoms with E-state index in [0.717, 1.165) is 35.4 Å². The van der Waals surface area contributed by atoms with Crippen LogP contribution in [0.15, 0.2) is 47.6 Å². The van der Waals surface area contributed by atoms with Gasteiger partial charge < -0.3 is 10.2 Å². The van der Waals surface area contributed by atoms with Gasteiger partial charge in [0.05, 0.1) is 16.7 Å². The van der Waals surface area contributed by atoms with Crippen molar-refractivity contribution in [3.63, 3.8) is 0 Å². The minimum Gasteiger partial charge on any atom is -0.325 e. The number of fused-ring (bicyclic) bond motifs is 2. The second-order valence-corrected chi connectivity index (χ2v) is 10.3. The number of nitrogens with zero attached hydrogens (tertiary/aromatic N) is 1. The Morgan fingerprint density at radius 2 is 1.72 bits per heavy atom. The van der Waals surface area contributed by atoms with Crippen LogP contribution < -0.4 is 5.32 Å². The van der Waals surface area contributed by atoms with Crippen LogP contribution in [0.25, 0.3) is 0 Å². The number of rotatable bonds is 4. The fourth-order valence-corrected chi connectivity index (χ4v) is 5.60. The first kappa shape index (κ1) is 22.5. The summed E-state index contributed by atoms with van der Waals surface area (Å²) in [6, 6.07) is 12.6. The Kier molecular flexibility index (Phi) is 5.44. The number of nitrogens with one attached hydrogen (secondary N) is 1. The Morgan fingerprint density at radius 1 is 1.03 bits per heavy atom. The van der Waals surface area contributed by atoms with E-state index in [2.05, 4.69) is 31.2 Å². The zero-order valence-electron chi connectivity index (χ0n) is 19.2. The van der Waals surface area contributed by atoms with Crippen molar-refractivity contribution >= 4 is 34.9 Å². The smallest absolute Gasteiger partial charge is 0.325 e. The summed E-state index contributed by atoms with van der Waals surface area (Å²) in [5.74, 6) is -0.510. The SMILES string of the molecule is Cc1ccc(C(=O)O/N=C2/CC3(C(=O)Nc4ccc(Cl)cc4C)CCC2(C)C3(C)C)cc1. The number of hydrogen-bond donors (Lipinski definition) is 1. The van der Waals surface area contributed by atoms with Crippen molar-refractivity contribution in [2.45, 2.75) is 53.9 Å². The average Bonchev–Trinajstić information content (AvgIpc) is 3.05. The van der Waals surface area contributed by atoms with Crippen molar-refractivity contribution < 1.29 is 14.4 Å². The van der Waals surface area contributed by atoms with E-state index in [1.807, 2.05) is 38.1 Å². The third kappa shape index (κ3) is 3.34. The van der Waals surface area contributed by atoms with Crippen LogP contribution in [-0.2, 0) is 9.63 Å². The van der Waals surface area contributed by atoms with E-state index in [1.54, 1.807) is 18.2 Å². The van der Waals surface area contributed by atoms with Crippen LogP contribution in [0.4, 0.5) is 5.69 Å². The van der Waals surface area contributed by atoms with E-state index in [9.17, 15) is 9.59 Å². The summed E-state index contributed by atoms with van der Waals surface area (Å²) < 4.78 is 0. The highest BCUT2D eigenvalue weighted by Gasteiger charge is 2.71. The minimum absolute atomic E-state index is 0.0216. The van der Waals surface area contributed by atoms with E-state index in [-0.39, 0.29) is 16.7 Å². The zero-order valence-corrected chi connectivity index (χ0v) is 20.0. The molecule has 2 bridgehead atoms. The first-order valence-electron chi connectivity index (χ1n) is 10.9. The monoisotopic (exact) mass is 452 g/mol. The number of aryl methyl sites for hydroxylation is 2. The molecule has 6 heteroatoms. The number of carbonyl (C=O) groups excluding carboxylic acids is 2. The lowest BCUT2D eigenvalue weighted by Crippen LogP contribution is -2.43. The van der Waals surface area contributed by atoms with Crippen molar-refractivity contribution in [3.05, 3.63) is 64.2 Å². The quantitative estimate of drug-likeness (QED) is 0.435. The highest BCUT2D eigenvalue weighted by atomic mass is 35.5. The standard InChI is InChI=1S/C26H29ClN2O3/c1-16-6-8-18(9-7-16)22(30)32-29-21-15-26(13-12-25(21,5)24(26,3)4)23(31)28-20-11-10-19(27)14-17(20)2/h6-11,14H,12-13,15H2,1-5H3,(H,28,31)/b29-21-. The number of anilines is 1. The topological polar surface area (TPSA) is 67.8 Å². The Hall–Kier alpha value is -2.66. The fraction of sp³-hybridized carbons (Fsp3) is 0.423. The largest absolute Gasteiger partial charge is 0.365 e. The number of hydrogen-bond acceptors (Lipinski definition) is 4. The molecule has 32 heavy (non-hydrogen) atoms. The van der Waals surface area contributed by atoms with Crippen molar-refractivity contribution in [2.24, 2.45) is 21.4 Å². The predicted octanol–water partition coefficient (Wildman–Crippen LogP) is 6.32. The van der Waals surface area contributed by atoms with Gasteiger partial charge >= 0.3 is 5.97 Å². The van der Waals surface area contributed by atoms with Gasteiger partial charge in [-0.15, -0.1) is 0 Å². The Balaban J connectivity index is 1.59. The molecule has 0 aliphatic heterocycles. The van der Waals surface area contributed by atoms with Crippen LogP contribution in [0, 0.1) is 30.1 Å². The van der Waals surface area contributed by atoms with E-state index in [0.29, 0.717) is 17.0 Å². The lowest BCUT2D eigenvalue weighted by molar-refractivity contribution is -0.130. The molecule has 0 saturated heterocycles. The van der Waals surface area contributed by atoms with Gasteiger partial charge in [0.1, 0.15) is 0 Å². The number of oxime groups is 1. The number of amides is 1. The van der Waals surface area contributed by atoms with Gasteiger partial charge in [-0.2, -0.15) is 0 Å². The maximum absolute atomic E-state index is 13.6. The van der Waals surface area contributed by atoms with Crippen molar-refractivity contribution in [1.29, 1.82) is 0 Å². The molecule has 2 aliphatic carbocycles. The highest BCUT2D eigenvalue weighted by molar-refractivity contribution is 6.30. The molecule has 0 radical (unpaired) electrons. The molecule has 2 atom stereocenters. The molecule has 0 aromatic heterocycles. The van der Waals surface area contributed by atoms with Crippen LogP contribution in [-0.4, -0.2) is 17.6 Å². The molecule has 2 aromatic carbocycles. The molecule has 0 spiro atoms. The molecule has 2 aromatic rings. The van der Waals surface area contributed by atoms with Gasteiger partial charge in [0, 0.05) is 22.5 Å². The third-order valence-electron chi connectivity index (χ3n) is 8.13. The second-order valence-electron chi connectivity index (χ2n) is 9.91. The van der Waals surface area contributed by atoms with E-state index < -0.39 is 11.4 Å². The van der Waals surface area contributed by atoms with Crippen molar-refractivity contribution in [3.8, 4) is 0 Å². The number of halogens is 1. The van der Waals surface area contributed by atoms with E-state index in [4.69, 9.17) is 16.4 Å². The number of carbonyl (C=O) groups is 2. The summed E-state index contributed by atoms with van der Waals surface area (Å²) in [5.41, 5.74) is 2.68. The summed E-state index contributed by atoms with van der Waals surface area (Å²) in [5, 5.41) is 8.07. The lowest BCUT2D eigenvalue weighted by Gasteiger charge is -2.39. The van der Waals surface area contributed by atoms with Gasteiger partial charge in [0.15, 0.2) is 0 Å². The van der Waals surface area contributed by atoms with E-state index >= 15 is 0 Å². The van der Waals surface area contributed by atoms with Crippen LogP contribution >= 0.6 is 11.6 Å². The van der Waals surface area contributed by atoms with Crippen LogP contribution in [0.2, 0.25) is 5.02 Å². The van der Waals surface area contributed by atoms with Gasteiger partial charge in [-0.05, 0) is 68.0 Å². The lowest BCUT2D eigenvalue weighted by atomic mass is 9.64. The van der Waals surface area contributed by atoms with Crippen LogP contribution in [0.1, 0.15) is 61.5 Å². The van der Waals surface area contributed by atoms with Crippen molar-refractivity contribution in [2.75, 3.05) is 5.32 Å². The normalized spacial score (nSPS) is 26.9. The molecule has 2 saturated carbocycles. The molecule has 1 amide bonds. The van der Waals surface area contributed by atoms with Gasteiger partial charge in [-0.3, -0.25) is 4.79 Å². The highest BCUT2D eigenvalue weighted by Crippen LogP contribution is 2.71. The molecule has 2 unspecified atom stereocenters. The maximum Gasteiger partial charge on any atom is 0.365 e. The maximum atomic E-state index is 13.6. The molecule has 2 fully saturated rings. The summed E-state index contributed by atoms with van der Waals surface area (Å²) >= 11 is 6.07. The van der Waals surface area contributed by atoms with Gasteiger partial charge in [-0.25, -0.2) is 4.79 Å². The molecule has 0 heterocycles.